The third kappa shape index (κ3) is 5.44. The summed E-state index contributed by atoms with van der Waals surface area (Å²) in [7, 11) is 6.74. The maximum absolute atomic E-state index is 6.08. The van der Waals surface area contributed by atoms with Gasteiger partial charge < -0.3 is 15.0 Å². The molecule has 2 N–H and O–H groups in total. The van der Waals surface area contributed by atoms with Crippen LogP contribution in [0.5, 0.6) is 0 Å². The normalized spacial score (nSPS) is 25.4. The van der Waals surface area contributed by atoms with E-state index in [0.29, 0.717) is 12.0 Å². The van der Waals surface area contributed by atoms with Gasteiger partial charge in [-0.15, -0.1) is 0 Å². The lowest BCUT2D eigenvalue weighted by Crippen LogP contribution is -2.51. The first kappa shape index (κ1) is 18.7. The molecule has 1 fully saturated rings. The molecule has 2 unspecified atom stereocenters. The van der Waals surface area contributed by atoms with E-state index in [1.165, 1.54) is 49.8 Å². The molecule has 0 aromatic heterocycles. The Morgan fingerprint density at radius 2 is 2.08 bits per heavy atom. The minimum absolute atomic E-state index is 0.366. The zero-order chi connectivity index (χ0) is 17.9. The highest BCUT2D eigenvalue weighted by Crippen LogP contribution is 2.34. The SMILES string of the molecule is C[N+](C)(C)CC1CN(CCC2CCCCc3ccc(N)cc32)CCO1. The van der Waals surface area contributed by atoms with Crippen LogP contribution in [-0.2, 0) is 11.2 Å². The molecule has 1 aliphatic heterocycles. The largest absolute Gasteiger partial charge is 0.399 e. The van der Waals surface area contributed by atoms with Crippen molar-refractivity contribution in [3.05, 3.63) is 29.3 Å². The van der Waals surface area contributed by atoms with Gasteiger partial charge in [-0.1, -0.05) is 12.5 Å². The van der Waals surface area contributed by atoms with Gasteiger partial charge >= 0.3 is 0 Å². The van der Waals surface area contributed by atoms with Crippen LogP contribution in [0.2, 0.25) is 0 Å². The van der Waals surface area contributed by atoms with E-state index in [9.17, 15) is 0 Å². The van der Waals surface area contributed by atoms with Crippen molar-refractivity contribution < 1.29 is 9.22 Å². The Hall–Kier alpha value is -1.10. The Kier molecular flexibility index (Phi) is 6.03. The van der Waals surface area contributed by atoms with E-state index < -0.39 is 0 Å². The molecule has 0 bridgehead atoms. The summed E-state index contributed by atoms with van der Waals surface area (Å²) in [6.07, 6.45) is 6.79. The van der Waals surface area contributed by atoms with E-state index in [1.54, 1.807) is 0 Å². The fourth-order valence-electron chi connectivity index (χ4n) is 4.43. The van der Waals surface area contributed by atoms with Gasteiger partial charge in [-0.05, 0) is 61.4 Å². The second-order valence-corrected chi connectivity index (χ2v) is 8.96. The average molecular weight is 347 g/mol. The first-order chi connectivity index (χ1) is 11.9. The van der Waals surface area contributed by atoms with Crippen molar-refractivity contribution in [1.29, 1.82) is 0 Å². The number of fused-ring (bicyclic) bond motifs is 1. The van der Waals surface area contributed by atoms with Crippen LogP contribution < -0.4 is 5.73 Å². The summed E-state index contributed by atoms with van der Waals surface area (Å²) in [5.41, 5.74) is 10.1. The number of likely N-dealkylation sites (N-methyl/N-ethyl adjacent to an activating group) is 1. The van der Waals surface area contributed by atoms with E-state index in [1.807, 2.05) is 0 Å². The van der Waals surface area contributed by atoms with Crippen LogP contribution in [-0.4, -0.2) is 69.4 Å². The highest BCUT2D eigenvalue weighted by molar-refractivity contribution is 5.46. The number of rotatable bonds is 5. The Balaban J connectivity index is 1.59. The molecule has 0 radical (unpaired) electrons. The van der Waals surface area contributed by atoms with Crippen molar-refractivity contribution in [2.24, 2.45) is 0 Å². The number of quaternary nitrogens is 1. The van der Waals surface area contributed by atoms with Crippen molar-refractivity contribution in [1.82, 2.24) is 4.90 Å². The number of ether oxygens (including phenoxy) is 1. The second-order valence-electron chi connectivity index (χ2n) is 8.96. The molecule has 4 heteroatoms. The van der Waals surface area contributed by atoms with Crippen molar-refractivity contribution in [2.75, 3.05) is 59.7 Å². The number of aryl methyl sites for hydroxylation is 1. The van der Waals surface area contributed by atoms with Gasteiger partial charge in [-0.25, -0.2) is 0 Å². The van der Waals surface area contributed by atoms with Gasteiger partial charge in [0.1, 0.15) is 12.6 Å². The van der Waals surface area contributed by atoms with Crippen molar-refractivity contribution in [2.45, 2.75) is 44.1 Å². The van der Waals surface area contributed by atoms with Crippen molar-refractivity contribution in [3.8, 4) is 0 Å². The van der Waals surface area contributed by atoms with Gasteiger partial charge in [0.05, 0.1) is 27.7 Å². The van der Waals surface area contributed by atoms with Gasteiger partial charge in [-0.3, -0.25) is 4.90 Å². The van der Waals surface area contributed by atoms with Crippen LogP contribution in [0.1, 0.15) is 42.7 Å². The minimum atomic E-state index is 0.366. The molecule has 1 heterocycles. The predicted octanol–water partition coefficient (Wildman–Crippen LogP) is 2.88. The van der Waals surface area contributed by atoms with Crippen molar-refractivity contribution >= 4 is 5.69 Å². The number of hydrogen-bond acceptors (Lipinski definition) is 3. The van der Waals surface area contributed by atoms with Crippen LogP contribution in [0.15, 0.2) is 18.2 Å². The Morgan fingerprint density at radius 3 is 2.88 bits per heavy atom. The molecule has 0 amide bonds. The highest BCUT2D eigenvalue weighted by Gasteiger charge is 2.26. The Bertz CT molecular complexity index is 567. The predicted molar refractivity (Wildman–Crippen MR) is 105 cm³/mol. The first-order valence-electron chi connectivity index (χ1n) is 9.93. The monoisotopic (exact) mass is 346 g/mol. The summed E-state index contributed by atoms with van der Waals surface area (Å²) < 4.78 is 6.96. The molecule has 0 saturated carbocycles. The van der Waals surface area contributed by atoms with Gasteiger partial charge in [-0.2, -0.15) is 0 Å². The number of anilines is 1. The molecule has 140 valence electrons. The van der Waals surface area contributed by atoms with E-state index in [-0.39, 0.29) is 0 Å². The quantitative estimate of drug-likeness (QED) is 0.506. The average Bonchev–Trinajstić information content (AvgIpc) is 2.73. The number of benzene rings is 1. The van der Waals surface area contributed by atoms with Gasteiger partial charge in [0, 0.05) is 18.8 Å². The molecule has 1 aromatic rings. The third-order valence-corrected chi connectivity index (χ3v) is 5.63. The van der Waals surface area contributed by atoms with E-state index in [2.05, 4.69) is 44.2 Å². The molecule has 25 heavy (non-hydrogen) atoms. The van der Waals surface area contributed by atoms with Crippen LogP contribution in [0.25, 0.3) is 0 Å². The lowest BCUT2D eigenvalue weighted by Gasteiger charge is -2.37. The Labute approximate surface area is 153 Å². The van der Waals surface area contributed by atoms with Gasteiger partial charge in [0.2, 0.25) is 0 Å². The van der Waals surface area contributed by atoms with Gasteiger partial charge in [0.15, 0.2) is 0 Å². The molecule has 0 spiro atoms. The maximum Gasteiger partial charge on any atom is 0.119 e. The summed E-state index contributed by atoms with van der Waals surface area (Å²) >= 11 is 0. The van der Waals surface area contributed by atoms with E-state index in [0.717, 1.165) is 36.4 Å². The fraction of sp³-hybridized carbons (Fsp3) is 0.714. The number of nitrogens with zero attached hydrogens (tertiary/aromatic N) is 2. The molecule has 1 saturated heterocycles. The van der Waals surface area contributed by atoms with Crippen LogP contribution in [0.4, 0.5) is 5.69 Å². The molecule has 1 aromatic carbocycles. The summed E-state index contributed by atoms with van der Waals surface area (Å²) in [4.78, 5) is 2.61. The van der Waals surface area contributed by atoms with Crippen LogP contribution >= 0.6 is 0 Å². The number of hydrogen-bond donors (Lipinski definition) is 1. The summed E-state index contributed by atoms with van der Waals surface area (Å²) in [6.45, 7) is 5.28. The highest BCUT2D eigenvalue weighted by atomic mass is 16.5. The van der Waals surface area contributed by atoms with E-state index in [4.69, 9.17) is 10.5 Å². The zero-order valence-corrected chi connectivity index (χ0v) is 16.3. The number of nitrogens with two attached hydrogens (primary N) is 1. The molecule has 4 nitrogen and oxygen atoms in total. The van der Waals surface area contributed by atoms with Gasteiger partial charge in [0.25, 0.3) is 0 Å². The molecule has 3 rings (SSSR count). The maximum atomic E-state index is 6.08. The fourth-order valence-corrected chi connectivity index (χ4v) is 4.43. The zero-order valence-electron chi connectivity index (χ0n) is 16.3. The lowest BCUT2D eigenvalue weighted by molar-refractivity contribution is -0.873. The smallest absolute Gasteiger partial charge is 0.119 e. The molecule has 2 aliphatic rings. The molecule has 1 aliphatic carbocycles. The minimum Gasteiger partial charge on any atom is -0.399 e. The van der Waals surface area contributed by atoms with Crippen molar-refractivity contribution in [3.63, 3.8) is 0 Å². The topological polar surface area (TPSA) is 38.5 Å². The third-order valence-electron chi connectivity index (χ3n) is 5.63. The number of nitrogen functional groups attached to an aromatic ring is 1. The molecular formula is C21H36N3O+. The first-order valence-corrected chi connectivity index (χ1v) is 9.93. The standard InChI is InChI=1S/C21H36N3O/c1-24(2,3)16-20-15-23(12-13-25-20)11-10-18-7-5-4-6-17-8-9-19(22)14-21(17)18/h8-9,14,18,20H,4-7,10-13,15-16,22H2,1-3H3/q+1. The van der Waals surface area contributed by atoms with Crippen LogP contribution in [0, 0.1) is 0 Å². The van der Waals surface area contributed by atoms with E-state index >= 15 is 0 Å². The molecule has 2 atom stereocenters. The van der Waals surface area contributed by atoms with Crippen LogP contribution in [0.3, 0.4) is 0 Å². The number of morpholine rings is 1. The summed E-state index contributed by atoms with van der Waals surface area (Å²) in [5.74, 6) is 0.667. The summed E-state index contributed by atoms with van der Waals surface area (Å²) in [5, 5.41) is 0. The molecular weight excluding hydrogens is 310 g/mol. The second kappa shape index (κ2) is 8.07. The Morgan fingerprint density at radius 1 is 1.24 bits per heavy atom. The lowest BCUT2D eigenvalue weighted by atomic mass is 9.89. The summed E-state index contributed by atoms with van der Waals surface area (Å²) in [6, 6.07) is 6.57.